The lowest BCUT2D eigenvalue weighted by Gasteiger charge is -2.23. The molecule has 2 amide bonds. The van der Waals surface area contributed by atoms with Gasteiger partial charge in [-0.05, 0) is 44.8 Å². The van der Waals surface area contributed by atoms with Gasteiger partial charge in [0.05, 0.1) is 12.6 Å². The van der Waals surface area contributed by atoms with Gasteiger partial charge in [-0.25, -0.2) is 0 Å². The minimum Gasteiger partial charge on any atom is -0.352 e. The van der Waals surface area contributed by atoms with Crippen molar-refractivity contribution in [3.05, 3.63) is 17.3 Å². The largest absolute Gasteiger partial charge is 0.352 e. The Morgan fingerprint density at radius 3 is 2.87 bits per heavy atom. The van der Waals surface area contributed by atoms with Crippen molar-refractivity contribution < 1.29 is 9.59 Å². The highest BCUT2D eigenvalue weighted by Gasteiger charge is 2.27. The monoisotopic (exact) mass is 410 g/mol. The maximum atomic E-state index is 12.0. The summed E-state index contributed by atoms with van der Waals surface area (Å²) >= 11 is 0. The molecule has 1 atom stereocenters. The zero-order valence-electron chi connectivity index (χ0n) is 17.0. The molecule has 0 spiro atoms. The number of likely N-dealkylation sites (N-methyl/N-ethyl adjacent to an activating group) is 1. The standard InChI is InChI=1S/C20H26N8O2/c1-2-27-7-3-4-15(27)11-21-19-25-17-13(8-12-9-16(29)24-18(12)30)10-22-28(17)20(26-19)23-14-5-6-14/h8,10,14-15H,2-7,9,11H2,1H3,(H,24,29,30)(H2,21,23,25,26)/b12-8+. The molecule has 1 saturated carbocycles. The average molecular weight is 410 g/mol. The molecule has 10 nitrogen and oxygen atoms in total. The van der Waals surface area contributed by atoms with E-state index in [0.29, 0.717) is 40.8 Å². The third-order valence-electron chi connectivity index (χ3n) is 5.93. The van der Waals surface area contributed by atoms with Crippen LogP contribution in [-0.4, -0.2) is 68.0 Å². The van der Waals surface area contributed by atoms with Gasteiger partial charge in [-0.15, -0.1) is 0 Å². The van der Waals surface area contributed by atoms with Crippen LogP contribution < -0.4 is 16.0 Å². The van der Waals surface area contributed by atoms with Gasteiger partial charge >= 0.3 is 0 Å². The van der Waals surface area contributed by atoms with E-state index in [1.165, 1.54) is 12.8 Å². The van der Waals surface area contributed by atoms with Crippen LogP contribution in [0.15, 0.2) is 11.8 Å². The fourth-order valence-electron chi connectivity index (χ4n) is 4.14. The first kappa shape index (κ1) is 19.0. The number of nitrogens with one attached hydrogen (secondary N) is 3. The molecule has 3 fully saturated rings. The Morgan fingerprint density at radius 2 is 2.13 bits per heavy atom. The molecule has 1 unspecified atom stereocenters. The van der Waals surface area contributed by atoms with Gasteiger partial charge < -0.3 is 10.6 Å². The number of nitrogens with zero attached hydrogens (tertiary/aromatic N) is 5. The van der Waals surface area contributed by atoms with E-state index < -0.39 is 0 Å². The van der Waals surface area contributed by atoms with E-state index >= 15 is 0 Å². The molecular weight excluding hydrogens is 384 g/mol. The summed E-state index contributed by atoms with van der Waals surface area (Å²) < 4.78 is 1.67. The number of fused-ring (bicyclic) bond motifs is 1. The molecule has 10 heteroatoms. The van der Waals surface area contributed by atoms with E-state index in [2.05, 4.69) is 42.8 Å². The molecule has 0 bridgehead atoms. The van der Waals surface area contributed by atoms with Crippen LogP contribution in [0.25, 0.3) is 11.7 Å². The minimum absolute atomic E-state index is 0.0775. The molecule has 0 aromatic carbocycles. The number of amides is 2. The molecule has 158 valence electrons. The first-order valence-corrected chi connectivity index (χ1v) is 10.7. The summed E-state index contributed by atoms with van der Waals surface area (Å²) in [5.74, 6) is 0.540. The van der Waals surface area contributed by atoms with Crippen molar-refractivity contribution in [2.45, 2.75) is 51.1 Å². The van der Waals surface area contributed by atoms with Gasteiger partial charge in [-0.3, -0.25) is 19.8 Å². The topological polar surface area (TPSA) is 117 Å². The molecular formula is C20H26N8O2. The number of carbonyl (C=O) groups excluding carboxylic acids is 2. The van der Waals surface area contributed by atoms with Gasteiger partial charge in [0.15, 0.2) is 5.65 Å². The normalized spacial score (nSPS) is 23.5. The van der Waals surface area contributed by atoms with Crippen LogP contribution in [0.2, 0.25) is 0 Å². The summed E-state index contributed by atoms with van der Waals surface area (Å²) in [4.78, 5) is 35.3. The van der Waals surface area contributed by atoms with Gasteiger partial charge in [0.25, 0.3) is 5.91 Å². The fraction of sp³-hybridized carbons (Fsp3) is 0.550. The number of imide groups is 1. The van der Waals surface area contributed by atoms with Gasteiger partial charge in [0.2, 0.25) is 17.8 Å². The fourth-order valence-corrected chi connectivity index (χ4v) is 4.14. The number of rotatable bonds is 7. The van der Waals surface area contributed by atoms with Gasteiger partial charge in [0.1, 0.15) is 0 Å². The molecule has 5 rings (SSSR count). The lowest BCUT2D eigenvalue weighted by molar-refractivity contribution is -0.124. The lowest BCUT2D eigenvalue weighted by atomic mass is 10.1. The second-order valence-electron chi connectivity index (χ2n) is 8.15. The number of likely N-dealkylation sites (tertiary alicyclic amines) is 1. The number of hydrogen-bond acceptors (Lipinski definition) is 8. The first-order chi connectivity index (χ1) is 14.6. The molecule has 0 radical (unpaired) electrons. The summed E-state index contributed by atoms with van der Waals surface area (Å²) in [5, 5.41) is 13.6. The van der Waals surface area contributed by atoms with Gasteiger partial charge in [-0.1, -0.05) is 6.92 Å². The molecule has 4 heterocycles. The SMILES string of the molecule is CCN1CCCC1CNc1nc(NC2CC2)n2ncc(/C=C3\CC(=O)NC3=O)c2n1. The molecule has 2 aromatic rings. The number of hydrogen-bond donors (Lipinski definition) is 3. The van der Waals surface area contributed by atoms with Crippen molar-refractivity contribution in [3.63, 3.8) is 0 Å². The maximum absolute atomic E-state index is 12.0. The summed E-state index contributed by atoms with van der Waals surface area (Å²) in [6, 6.07) is 0.889. The molecule has 2 aliphatic heterocycles. The van der Waals surface area contributed by atoms with E-state index in [-0.39, 0.29) is 18.2 Å². The highest BCUT2D eigenvalue weighted by atomic mass is 16.2. The van der Waals surface area contributed by atoms with E-state index in [1.54, 1.807) is 16.8 Å². The third-order valence-corrected chi connectivity index (χ3v) is 5.93. The predicted octanol–water partition coefficient (Wildman–Crippen LogP) is 1.02. The maximum Gasteiger partial charge on any atom is 0.254 e. The number of carbonyl (C=O) groups is 2. The summed E-state index contributed by atoms with van der Waals surface area (Å²) in [6.45, 7) is 5.16. The van der Waals surface area contributed by atoms with Crippen molar-refractivity contribution in [1.82, 2.24) is 29.8 Å². The quantitative estimate of drug-likeness (QED) is 0.458. The Balaban J connectivity index is 1.45. The Morgan fingerprint density at radius 1 is 1.27 bits per heavy atom. The lowest BCUT2D eigenvalue weighted by Crippen LogP contribution is -2.35. The van der Waals surface area contributed by atoms with Crippen molar-refractivity contribution in [1.29, 1.82) is 0 Å². The first-order valence-electron chi connectivity index (χ1n) is 10.7. The average Bonchev–Trinajstić information content (AvgIpc) is 3.13. The molecule has 3 aliphatic rings. The zero-order chi connectivity index (χ0) is 20.7. The van der Waals surface area contributed by atoms with Gasteiger partial charge in [0, 0.05) is 29.8 Å². The van der Waals surface area contributed by atoms with Crippen molar-refractivity contribution in [3.8, 4) is 0 Å². The molecule has 2 aromatic heterocycles. The number of aromatic nitrogens is 4. The van der Waals surface area contributed by atoms with Crippen LogP contribution in [0.1, 0.15) is 44.6 Å². The van der Waals surface area contributed by atoms with Crippen molar-refractivity contribution in [2.24, 2.45) is 0 Å². The third kappa shape index (κ3) is 3.74. The number of anilines is 2. The Bertz CT molecular complexity index is 1030. The van der Waals surface area contributed by atoms with E-state index in [0.717, 1.165) is 32.5 Å². The van der Waals surface area contributed by atoms with E-state index in [1.807, 2.05) is 0 Å². The van der Waals surface area contributed by atoms with Crippen molar-refractivity contribution >= 4 is 35.4 Å². The molecule has 3 N–H and O–H groups in total. The highest BCUT2D eigenvalue weighted by Crippen LogP contribution is 2.26. The second-order valence-corrected chi connectivity index (χ2v) is 8.15. The van der Waals surface area contributed by atoms with E-state index in [9.17, 15) is 9.59 Å². The highest BCUT2D eigenvalue weighted by molar-refractivity contribution is 6.15. The Labute approximate surface area is 174 Å². The molecule has 30 heavy (non-hydrogen) atoms. The van der Waals surface area contributed by atoms with E-state index in [4.69, 9.17) is 0 Å². The van der Waals surface area contributed by atoms with Crippen LogP contribution in [0, 0.1) is 0 Å². The van der Waals surface area contributed by atoms with Crippen LogP contribution in [-0.2, 0) is 9.59 Å². The van der Waals surface area contributed by atoms with Gasteiger partial charge in [-0.2, -0.15) is 19.6 Å². The van der Waals surface area contributed by atoms with Crippen LogP contribution in [0.5, 0.6) is 0 Å². The Hall–Kier alpha value is -3.01. The summed E-state index contributed by atoms with van der Waals surface area (Å²) in [7, 11) is 0. The summed E-state index contributed by atoms with van der Waals surface area (Å²) in [5.41, 5.74) is 1.72. The minimum atomic E-state index is -0.357. The van der Waals surface area contributed by atoms with Crippen LogP contribution in [0.3, 0.4) is 0 Å². The zero-order valence-corrected chi connectivity index (χ0v) is 17.0. The molecule has 2 saturated heterocycles. The molecule has 1 aliphatic carbocycles. The van der Waals surface area contributed by atoms with Crippen LogP contribution >= 0.6 is 0 Å². The summed E-state index contributed by atoms with van der Waals surface area (Å²) in [6.07, 6.45) is 8.04. The predicted molar refractivity (Wildman–Crippen MR) is 112 cm³/mol. The van der Waals surface area contributed by atoms with Crippen LogP contribution in [0.4, 0.5) is 11.9 Å². The smallest absolute Gasteiger partial charge is 0.254 e. The Kier molecular flexibility index (Phi) is 4.86. The van der Waals surface area contributed by atoms with Crippen molar-refractivity contribution in [2.75, 3.05) is 30.3 Å². The second kappa shape index (κ2) is 7.67.